The first kappa shape index (κ1) is 16.9. The predicted molar refractivity (Wildman–Crippen MR) is 78.2 cm³/mol. The lowest BCUT2D eigenvalue weighted by atomic mass is 10.0. The summed E-state index contributed by atoms with van der Waals surface area (Å²) in [6, 6.07) is 4.86. The Kier molecular flexibility index (Phi) is 5.43. The molecular formula is C14H17Cl2F2NO2. The molecule has 0 amide bonds. The highest BCUT2D eigenvalue weighted by Crippen LogP contribution is 2.28. The van der Waals surface area contributed by atoms with E-state index < -0.39 is 18.1 Å². The molecular weight excluding hydrogens is 323 g/mol. The molecule has 3 nitrogen and oxygen atoms in total. The summed E-state index contributed by atoms with van der Waals surface area (Å²) in [5, 5.41) is 11.0. The van der Waals surface area contributed by atoms with Gasteiger partial charge in [-0.2, -0.15) is 0 Å². The van der Waals surface area contributed by atoms with E-state index in [1.54, 1.807) is 23.1 Å². The molecule has 21 heavy (non-hydrogen) atoms. The van der Waals surface area contributed by atoms with Crippen molar-refractivity contribution in [3.05, 3.63) is 33.8 Å². The largest absolute Gasteiger partial charge is 0.387 e. The van der Waals surface area contributed by atoms with E-state index >= 15 is 0 Å². The first-order valence-corrected chi connectivity index (χ1v) is 7.35. The normalized spacial score (nSPS) is 25.3. The van der Waals surface area contributed by atoms with Crippen LogP contribution in [0.1, 0.15) is 18.6 Å². The van der Waals surface area contributed by atoms with E-state index in [-0.39, 0.29) is 19.7 Å². The fraction of sp³-hybridized carbons (Fsp3) is 0.571. The Labute approximate surface area is 132 Å². The minimum Gasteiger partial charge on any atom is -0.387 e. The van der Waals surface area contributed by atoms with Crippen LogP contribution in [0.2, 0.25) is 10.0 Å². The quantitative estimate of drug-likeness (QED) is 0.912. The summed E-state index contributed by atoms with van der Waals surface area (Å²) in [6.45, 7) is 2.41. The van der Waals surface area contributed by atoms with Gasteiger partial charge in [0.05, 0.1) is 22.8 Å². The van der Waals surface area contributed by atoms with Gasteiger partial charge in [-0.25, -0.2) is 8.78 Å². The lowest BCUT2D eigenvalue weighted by Crippen LogP contribution is -2.54. The van der Waals surface area contributed by atoms with Crippen molar-refractivity contribution >= 4 is 23.2 Å². The summed E-state index contributed by atoms with van der Waals surface area (Å²) in [4.78, 5) is 1.77. The molecule has 118 valence electrons. The number of benzene rings is 1. The zero-order valence-electron chi connectivity index (χ0n) is 11.5. The van der Waals surface area contributed by atoms with Crippen LogP contribution in [-0.2, 0) is 4.74 Å². The number of rotatable bonds is 4. The molecule has 1 aromatic rings. The zero-order valence-corrected chi connectivity index (χ0v) is 13.0. The zero-order chi connectivity index (χ0) is 15.6. The van der Waals surface area contributed by atoms with Gasteiger partial charge < -0.3 is 9.84 Å². The molecule has 0 saturated carbocycles. The summed E-state index contributed by atoms with van der Waals surface area (Å²) in [6.07, 6.45) is -3.39. The van der Waals surface area contributed by atoms with E-state index in [0.29, 0.717) is 22.2 Å². The fourth-order valence-corrected chi connectivity index (χ4v) is 2.64. The Bertz CT molecular complexity index is 504. The molecule has 0 radical (unpaired) electrons. The number of morpholine rings is 1. The van der Waals surface area contributed by atoms with Crippen LogP contribution in [0.5, 0.6) is 0 Å². The molecule has 1 N–H and O–H groups in total. The van der Waals surface area contributed by atoms with E-state index in [4.69, 9.17) is 27.9 Å². The van der Waals surface area contributed by atoms with Crippen molar-refractivity contribution in [2.45, 2.75) is 25.1 Å². The molecule has 1 aromatic carbocycles. The Hall–Kier alpha value is -0.460. The Balaban J connectivity index is 2.02. The molecule has 2 rings (SSSR count). The Morgan fingerprint density at radius 1 is 1.38 bits per heavy atom. The average Bonchev–Trinajstić information content (AvgIpc) is 2.41. The van der Waals surface area contributed by atoms with Gasteiger partial charge in [-0.15, -0.1) is 0 Å². The highest BCUT2D eigenvalue weighted by Gasteiger charge is 2.40. The number of hydrogen-bond acceptors (Lipinski definition) is 3. The minimum absolute atomic E-state index is 0.0725. The molecule has 0 bridgehead atoms. The van der Waals surface area contributed by atoms with Crippen LogP contribution in [0.4, 0.5) is 8.78 Å². The van der Waals surface area contributed by atoms with Crippen LogP contribution in [0.3, 0.4) is 0 Å². The molecule has 1 aliphatic heterocycles. The van der Waals surface area contributed by atoms with Gasteiger partial charge in [0.15, 0.2) is 0 Å². The summed E-state index contributed by atoms with van der Waals surface area (Å²) >= 11 is 11.7. The Morgan fingerprint density at radius 3 is 2.71 bits per heavy atom. The molecule has 1 aliphatic rings. The second-order valence-corrected chi connectivity index (χ2v) is 6.20. The van der Waals surface area contributed by atoms with E-state index in [9.17, 15) is 13.9 Å². The van der Waals surface area contributed by atoms with Gasteiger partial charge in [0.1, 0.15) is 5.60 Å². The second-order valence-electron chi connectivity index (χ2n) is 5.39. The van der Waals surface area contributed by atoms with Gasteiger partial charge in [-0.1, -0.05) is 29.3 Å². The number of nitrogens with zero attached hydrogens (tertiary/aromatic N) is 1. The van der Waals surface area contributed by atoms with Gasteiger partial charge in [0.2, 0.25) is 0 Å². The lowest BCUT2D eigenvalue weighted by Gasteiger charge is -2.40. The van der Waals surface area contributed by atoms with Gasteiger partial charge >= 0.3 is 0 Å². The lowest BCUT2D eigenvalue weighted by molar-refractivity contribution is -0.172. The third kappa shape index (κ3) is 4.05. The van der Waals surface area contributed by atoms with Crippen molar-refractivity contribution in [1.82, 2.24) is 4.90 Å². The first-order chi connectivity index (χ1) is 9.82. The Morgan fingerprint density at radius 2 is 2.10 bits per heavy atom. The third-order valence-electron chi connectivity index (χ3n) is 3.60. The summed E-state index contributed by atoms with van der Waals surface area (Å²) in [5.41, 5.74) is -0.884. The fourth-order valence-electron chi connectivity index (χ4n) is 2.33. The van der Waals surface area contributed by atoms with Crippen molar-refractivity contribution < 1.29 is 18.6 Å². The molecule has 0 aliphatic carbocycles. The monoisotopic (exact) mass is 339 g/mol. The van der Waals surface area contributed by atoms with Crippen LogP contribution in [-0.4, -0.2) is 48.3 Å². The van der Waals surface area contributed by atoms with Crippen LogP contribution >= 0.6 is 23.2 Å². The van der Waals surface area contributed by atoms with Crippen molar-refractivity contribution in [2.75, 3.05) is 26.2 Å². The molecule has 7 heteroatoms. The van der Waals surface area contributed by atoms with Crippen molar-refractivity contribution in [3.8, 4) is 0 Å². The molecule has 1 heterocycles. The molecule has 0 spiro atoms. The number of halogens is 4. The van der Waals surface area contributed by atoms with Gasteiger partial charge in [0, 0.05) is 19.6 Å². The van der Waals surface area contributed by atoms with Crippen LogP contribution in [0.15, 0.2) is 18.2 Å². The summed E-state index contributed by atoms with van der Waals surface area (Å²) in [5.74, 6) is 0. The molecule has 0 aromatic heterocycles. The van der Waals surface area contributed by atoms with E-state index in [1.165, 1.54) is 6.92 Å². The molecule has 1 unspecified atom stereocenters. The van der Waals surface area contributed by atoms with Gasteiger partial charge in [0.25, 0.3) is 6.43 Å². The van der Waals surface area contributed by atoms with Crippen molar-refractivity contribution in [2.24, 2.45) is 0 Å². The van der Waals surface area contributed by atoms with Gasteiger partial charge in [-0.3, -0.25) is 4.90 Å². The first-order valence-electron chi connectivity index (χ1n) is 6.59. The van der Waals surface area contributed by atoms with Gasteiger partial charge in [-0.05, 0) is 24.6 Å². The maximum Gasteiger partial charge on any atom is 0.268 e. The van der Waals surface area contributed by atoms with E-state index in [1.807, 2.05) is 0 Å². The van der Waals surface area contributed by atoms with E-state index in [2.05, 4.69) is 0 Å². The highest BCUT2D eigenvalue weighted by atomic mass is 35.5. The summed E-state index contributed by atoms with van der Waals surface area (Å²) in [7, 11) is 0. The van der Waals surface area contributed by atoms with Crippen LogP contribution in [0.25, 0.3) is 0 Å². The van der Waals surface area contributed by atoms with Crippen molar-refractivity contribution in [1.29, 1.82) is 0 Å². The maximum absolute atomic E-state index is 13.0. The van der Waals surface area contributed by atoms with Crippen LogP contribution in [0, 0.1) is 0 Å². The minimum atomic E-state index is -2.57. The number of ether oxygens (including phenoxy) is 1. The molecule has 2 atom stereocenters. The number of alkyl halides is 2. The predicted octanol–water partition coefficient (Wildman–Crippen LogP) is 3.38. The van der Waals surface area contributed by atoms with E-state index in [0.717, 1.165) is 0 Å². The number of hydrogen-bond donors (Lipinski definition) is 1. The highest BCUT2D eigenvalue weighted by molar-refractivity contribution is 6.42. The summed E-state index contributed by atoms with van der Waals surface area (Å²) < 4.78 is 31.1. The molecule has 1 saturated heterocycles. The van der Waals surface area contributed by atoms with Crippen molar-refractivity contribution in [3.63, 3.8) is 0 Å². The standard InChI is InChI=1S/C14H17Cl2F2NO2/c1-14(13(17)18)8-19(4-5-21-14)7-12(20)9-2-3-10(15)11(16)6-9/h2-3,6,12-13,20H,4-5,7-8H2,1H3/t12-,14?/m1/s1. The third-order valence-corrected chi connectivity index (χ3v) is 4.34. The maximum atomic E-state index is 13.0. The molecule has 1 fully saturated rings. The SMILES string of the molecule is CC1(C(F)F)CN(C[C@@H](O)c2ccc(Cl)c(Cl)c2)CCO1. The van der Waals surface area contributed by atoms with Crippen LogP contribution < -0.4 is 0 Å². The number of aliphatic hydroxyl groups is 1. The topological polar surface area (TPSA) is 32.7 Å². The second kappa shape index (κ2) is 6.75. The smallest absolute Gasteiger partial charge is 0.268 e. The number of β-amino-alcohol motifs (C(OH)–C–C–N with tert-alkyl or cyclic N) is 1. The number of aliphatic hydroxyl groups excluding tert-OH is 1. The average molecular weight is 340 g/mol.